The third-order valence-electron chi connectivity index (χ3n) is 6.39. The van der Waals surface area contributed by atoms with E-state index < -0.39 is 0 Å². The molecule has 32 heavy (non-hydrogen) atoms. The van der Waals surface area contributed by atoms with Crippen molar-refractivity contribution in [3.05, 3.63) is 72.6 Å². The highest BCUT2D eigenvalue weighted by Gasteiger charge is 2.34. The first kappa shape index (κ1) is 20.7. The van der Waals surface area contributed by atoms with E-state index in [2.05, 4.69) is 65.8 Å². The zero-order chi connectivity index (χ0) is 22.1. The Morgan fingerprint density at radius 2 is 1.84 bits per heavy atom. The summed E-state index contributed by atoms with van der Waals surface area (Å²) in [6.45, 7) is 2.70. The second-order valence-electron chi connectivity index (χ2n) is 8.74. The number of fused-ring (bicyclic) bond motifs is 1. The average Bonchev–Trinajstić information content (AvgIpc) is 3.27. The van der Waals surface area contributed by atoms with Gasteiger partial charge in [-0.3, -0.25) is 4.40 Å². The van der Waals surface area contributed by atoms with Crippen molar-refractivity contribution in [3.8, 4) is 22.4 Å². The summed E-state index contributed by atoms with van der Waals surface area (Å²) >= 11 is 0. The molecular weight excluding hydrogens is 398 g/mol. The quantitative estimate of drug-likeness (QED) is 0.441. The predicted molar refractivity (Wildman–Crippen MR) is 129 cm³/mol. The van der Waals surface area contributed by atoms with Crippen molar-refractivity contribution in [1.29, 1.82) is 0 Å². The fraction of sp³-hybridized carbons (Fsp3) is 0.308. The predicted octanol–water partition coefficient (Wildman–Crippen LogP) is 4.85. The zero-order valence-electron chi connectivity index (χ0n) is 18.6. The SMILES string of the molecule is COC[C@H](C)Nc1c(-c2ccccc2)c(-c2ccc(C3(N)CCC3)cc2)nc2nccn12. The zero-order valence-corrected chi connectivity index (χ0v) is 18.6. The molecule has 0 radical (unpaired) electrons. The smallest absolute Gasteiger partial charge is 0.235 e. The maximum atomic E-state index is 6.55. The van der Waals surface area contributed by atoms with Crippen LogP contribution in [0.25, 0.3) is 28.2 Å². The fourth-order valence-corrected chi connectivity index (χ4v) is 4.50. The van der Waals surface area contributed by atoms with E-state index in [1.807, 2.05) is 16.7 Å². The number of methoxy groups -OCH3 is 1. The summed E-state index contributed by atoms with van der Waals surface area (Å²) < 4.78 is 7.39. The number of benzene rings is 2. The molecule has 164 valence electrons. The van der Waals surface area contributed by atoms with Crippen LogP contribution in [0, 0.1) is 0 Å². The van der Waals surface area contributed by atoms with Gasteiger partial charge in [0.15, 0.2) is 0 Å². The van der Waals surface area contributed by atoms with Gasteiger partial charge in [0.2, 0.25) is 5.78 Å². The highest BCUT2D eigenvalue weighted by atomic mass is 16.5. The number of hydrogen-bond acceptors (Lipinski definition) is 5. The fourth-order valence-electron chi connectivity index (χ4n) is 4.50. The Morgan fingerprint density at radius 3 is 2.50 bits per heavy atom. The lowest BCUT2D eigenvalue weighted by Gasteiger charge is -2.38. The number of anilines is 1. The second kappa shape index (κ2) is 8.37. The van der Waals surface area contributed by atoms with Crippen molar-refractivity contribution < 1.29 is 4.74 Å². The van der Waals surface area contributed by atoms with Gasteiger partial charge in [0.05, 0.1) is 12.3 Å². The number of nitrogens with zero attached hydrogens (tertiary/aromatic N) is 3. The van der Waals surface area contributed by atoms with Crippen LogP contribution in [-0.2, 0) is 10.3 Å². The van der Waals surface area contributed by atoms with Crippen LogP contribution in [-0.4, -0.2) is 34.1 Å². The number of hydrogen-bond donors (Lipinski definition) is 2. The Hall–Kier alpha value is -3.22. The van der Waals surface area contributed by atoms with Gasteiger partial charge < -0.3 is 15.8 Å². The second-order valence-corrected chi connectivity index (χ2v) is 8.74. The maximum Gasteiger partial charge on any atom is 0.235 e. The lowest BCUT2D eigenvalue weighted by molar-refractivity contribution is 0.190. The third kappa shape index (κ3) is 3.66. The van der Waals surface area contributed by atoms with E-state index in [1.165, 1.54) is 12.0 Å². The minimum atomic E-state index is -0.177. The van der Waals surface area contributed by atoms with Gasteiger partial charge in [-0.1, -0.05) is 54.6 Å². The topological polar surface area (TPSA) is 77.5 Å². The van der Waals surface area contributed by atoms with Crippen LogP contribution in [0.2, 0.25) is 0 Å². The van der Waals surface area contributed by atoms with E-state index in [1.54, 1.807) is 13.3 Å². The lowest BCUT2D eigenvalue weighted by Crippen LogP contribution is -2.43. The molecule has 2 aromatic carbocycles. The molecule has 0 spiro atoms. The summed E-state index contributed by atoms with van der Waals surface area (Å²) in [7, 11) is 1.72. The van der Waals surface area contributed by atoms with Gasteiger partial charge >= 0.3 is 0 Å². The van der Waals surface area contributed by atoms with Crippen LogP contribution in [0.5, 0.6) is 0 Å². The van der Waals surface area contributed by atoms with Crippen LogP contribution in [0.1, 0.15) is 31.7 Å². The van der Waals surface area contributed by atoms with E-state index in [0.29, 0.717) is 12.4 Å². The Labute approximate surface area is 188 Å². The molecule has 1 saturated carbocycles. The van der Waals surface area contributed by atoms with Gasteiger partial charge in [0.1, 0.15) is 5.82 Å². The van der Waals surface area contributed by atoms with Crippen molar-refractivity contribution in [2.75, 3.05) is 19.0 Å². The molecule has 0 unspecified atom stereocenters. The highest BCUT2D eigenvalue weighted by Crippen LogP contribution is 2.41. The number of ether oxygens (including phenoxy) is 1. The van der Waals surface area contributed by atoms with Crippen molar-refractivity contribution in [1.82, 2.24) is 14.4 Å². The minimum Gasteiger partial charge on any atom is -0.383 e. The van der Waals surface area contributed by atoms with Gasteiger partial charge in [-0.25, -0.2) is 9.97 Å². The third-order valence-corrected chi connectivity index (χ3v) is 6.39. The molecule has 0 bridgehead atoms. The van der Waals surface area contributed by atoms with E-state index in [9.17, 15) is 0 Å². The molecule has 0 amide bonds. The molecule has 5 rings (SSSR count). The Morgan fingerprint density at radius 1 is 1.09 bits per heavy atom. The number of rotatable bonds is 7. The number of aromatic nitrogens is 3. The van der Waals surface area contributed by atoms with Gasteiger partial charge in [-0.05, 0) is 37.3 Å². The first-order valence-electron chi connectivity index (χ1n) is 11.2. The summed E-state index contributed by atoms with van der Waals surface area (Å²) in [5, 5.41) is 3.64. The summed E-state index contributed by atoms with van der Waals surface area (Å²) in [5.74, 6) is 1.61. The molecular formula is C26H29N5O. The van der Waals surface area contributed by atoms with Crippen molar-refractivity contribution in [2.24, 2.45) is 5.73 Å². The number of imidazole rings is 1. The molecule has 6 nitrogen and oxygen atoms in total. The summed E-state index contributed by atoms with van der Waals surface area (Å²) in [4.78, 5) is 9.46. The standard InChI is InChI=1S/C26H29N5O/c1-18(17-32-2)29-24-22(19-7-4-3-5-8-19)23(30-25-28-15-16-31(24)25)20-9-11-21(12-10-20)26(27)13-6-14-26/h3-5,7-12,15-16,18,29H,6,13-14,17,27H2,1-2H3/t18-/m0/s1. The van der Waals surface area contributed by atoms with Crippen LogP contribution in [0.15, 0.2) is 67.0 Å². The molecule has 6 heteroatoms. The largest absolute Gasteiger partial charge is 0.383 e. The molecule has 1 aliphatic rings. The summed E-state index contributed by atoms with van der Waals surface area (Å²) in [5.41, 5.74) is 11.6. The normalized spacial score (nSPS) is 16.0. The molecule has 4 aromatic rings. The van der Waals surface area contributed by atoms with E-state index >= 15 is 0 Å². The highest BCUT2D eigenvalue weighted by molar-refractivity contribution is 5.90. The molecule has 1 atom stereocenters. The van der Waals surface area contributed by atoms with Crippen LogP contribution in [0.4, 0.5) is 5.82 Å². The number of nitrogens with two attached hydrogens (primary N) is 1. The van der Waals surface area contributed by atoms with E-state index in [4.69, 9.17) is 15.5 Å². The van der Waals surface area contributed by atoms with Crippen LogP contribution in [0.3, 0.4) is 0 Å². The Balaban J connectivity index is 1.69. The van der Waals surface area contributed by atoms with E-state index in [-0.39, 0.29) is 11.6 Å². The van der Waals surface area contributed by atoms with Crippen molar-refractivity contribution in [3.63, 3.8) is 0 Å². The first-order valence-corrected chi connectivity index (χ1v) is 11.2. The van der Waals surface area contributed by atoms with Crippen molar-refractivity contribution in [2.45, 2.75) is 37.8 Å². The van der Waals surface area contributed by atoms with Crippen LogP contribution < -0.4 is 11.1 Å². The monoisotopic (exact) mass is 427 g/mol. The van der Waals surface area contributed by atoms with Crippen molar-refractivity contribution >= 4 is 11.6 Å². The molecule has 2 aromatic heterocycles. The minimum absolute atomic E-state index is 0.112. The molecule has 1 aliphatic carbocycles. The Kier molecular flexibility index (Phi) is 5.41. The first-order chi connectivity index (χ1) is 15.6. The average molecular weight is 428 g/mol. The van der Waals surface area contributed by atoms with Gasteiger partial charge in [0, 0.05) is 42.2 Å². The van der Waals surface area contributed by atoms with Crippen LogP contribution >= 0.6 is 0 Å². The summed E-state index contributed by atoms with van der Waals surface area (Å²) in [6, 6.07) is 19.1. The van der Waals surface area contributed by atoms with Gasteiger partial charge in [0.25, 0.3) is 0 Å². The lowest BCUT2D eigenvalue weighted by atomic mass is 9.72. The maximum absolute atomic E-state index is 6.55. The van der Waals surface area contributed by atoms with Gasteiger partial charge in [-0.15, -0.1) is 0 Å². The Bertz CT molecular complexity index is 1210. The molecule has 0 aliphatic heterocycles. The number of nitrogens with one attached hydrogen (secondary N) is 1. The summed E-state index contributed by atoms with van der Waals surface area (Å²) in [6.07, 6.45) is 7.02. The van der Waals surface area contributed by atoms with Gasteiger partial charge in [-0.2, -0.15) is 0 Å². The molecule has 0 saturated heterocycles. The molecule has 3 N–H and O–H groups in total. The molecule has 2 heterocycles. The molecule has 1 fully saturated rings. The van der Waals surface area contributed by atoms with E-state index in [0.717, 1.165) is 41.0 Å².